The molecule has 0 spiro atoms. The summed E-state index contributed by atoms with van der Waals surface area (Å²) in [6, 6.07) is 71.0. The number of fused-ring (bicyclic) bond motifs is 13. The first kappa shape index (κ1) is 33.4. The second-order valence-corrected chi connectivity index (χ2v) is 16.9. The van der Waals surface area contributed by atoms with Gasteiger partial charge in [0.2, 0.25) is 0 Å². The van der Waals surface area contributed by atoms with Crippen LogP contribution < -0.4 is 0 Å². The van der Waals surface area contributed by atoms with E-state index >= 15 is 0 Å². The maximum atomic E-state index is 6.59. The average Bonchev–Trinajstić information content (AvgIpc) is 4.01. The lowest BCUT2D eigenvalue weighted by atomic mass is 9.82. The molecule has 12 aromatic rings. The average molecular weight is 767 g/mol. The molecule has 0 amide bonds. The minimum absolute atomic E-state index is 0.0856. The molecule has 3 heterocycles. The van der Waals surface area contributed by atoms with E-state index in [-0.39, 0.29) is 5.41 Å². The maximum absolute atomic E-state index is 6.59. The lowest BCUT2D eigenvalue weighted by molar-refractivity contribution is 0.661. The number of hydrogen-bond donors (Lipinski definition) is 0. The van der Waals surface area contributed by atoms with Crippen molar-refractivity contribution in [1.82, 2.24) is 9.13 Å². The molecule has 0 saturated carbocycles. The van der Waals surface area contributed by atoms with E-state index in [1.807, 2.05) is 0 Å². The van der Waals surface area contributed by atoms with Gasteiger partial charge in [-0.15, -0.1) is 0 Å². The van der Waals surface area contributed by atoms with Crippen LogP contribution in [0.5, 0.6) is 0 Å². The second kappa shape index (κ2) is 12.2. The Morgan fingerprint density at radius 3 is 1.80 bits per heavy atom. The molecule has 13 rings (SSSR count). The fourth-order valence-corrected chi connectivity index (χ4v) is 10.6. The van der Waals surface area contributed by atoms with Crippen LogP contribution in [0, 0.1) is 0 Å². The number of aromatic nitrogens is 2. The van der Waals surface area contributed by atoms with Crippen molar-refractivity contribution < 1.29 is 4.42 Å². The minimum atomic E-state index is -0.0856. The fraction of sp³-hybridized carbons (Fsp3) is 0.0526. The van der Waals surface area contributed by atoms with E-state index < -0.39 is 0 Å². The van der Waals surface area contributed by atoms with Gasteiger partial charge in [-0.1, -0.05) is 135 Å². The number of hydrogen-bond acceptors (Lipinski definition) is 1. The summed E-state index contributed by atoms with van der Waals surface area (Å²) in [6.07, 6.45) is 0. The Morgan fingerprint density at radius 1 is 0.383 bits per heavy atom. The predicted molar refractivity (Wildman–Crippen MR) is 251 cm³/mol. The van der Waals surface area contributed by atoms with Gasteiger partial charge in [-0.25, -0.2) is 0 Å². The van der Waals surface area contributed by atoms with Gasteiger partial charge in [0.25, 0.3) is 0 Å². The third-order valence-electron chi connectivity index (χ3n) is 13.3. The summed E-state index contributed by atoms with van der Waals surface area (Å²) < 4.78 is 11.4. The van der Waals surface area contributed by atoms with Gasteiger partial charge >= 0.3 is 0 Å². The van der Waals surface area contributed by atoms with Crippen LogP contribution in [0.2, 0.25) is 0 Å². The number of para-hydroxylation sites is 3. The summed E-state index contributed by atoms with van der Waals surface area (Å²) in [4.78, 5) is 0. The summed E-state index contributed by atoms with van der Waals surface area (Å²) in [7, 11) is 0. The number of benzene rings is 9. The van der Waals surface area contributed by atoms with Crippen molar-refractivity contribution in [3.63, 3.8) is 0 Å². The molecular formula is C57H38N2O. The Morgan fingerprint density at radius 2 is 0.983 bits per heavy atom. The van der Waals surface area contributed by atoms with Gasteiger partial charge < -0.3 is 13.6 Å². The van der Waals surface area contributed by atoms with E-state index in [1.165, 1.54) is 88.2 Å². The summed E-state index contributed by atoms with van der Waals surface area (Å²) in [5.74, 6) is 0. The molecular weight excluding hydrogens is 729 g/mol. The van der Waals surface area contributed by atoms with Gasteiger partial charge in [0.15, 0.2) is 0 Å². The van der Waals surface area contributed by atoms with Crippen molar-refractivity contribution in [2.24, 2.45) is 0 Å². The molecule has 3 heteroatoms. The monoisotopic (exact) mass is 766 g/mol. The van der Waals surface area contributed by atoms with Crippen LogP contribution in [0.25, 0.3) is 110 Å². The zero-order valence-corrected chi connectivity index (χ0v) is 33.3. The van der Waals surface area contributed by atoms with Crippen molar-refractivity contribution in [1.29, 1.82) is 0 Å². The van der Waals surface area contributed by atoms with Crippen molar-refractivity contribution in [2.75, 3.05) is 0 Å². The molecule has 1 aliphatic rings. The fourth-order valence-electron chi connectivity index (χ4n) is 10.6. The van der Waals surface area contributed by atoms with Crippen LogP contribution in [0.1, 0.15) is 25.0 Å². The molecule has 9 aromatic carbocycles. The van der Waals surface area contributed by atoms with E-state index in [0.29, 0.717) is 0 Å². The summed E-state index contributed by atoms with van der Waals surface area (Å²) in [5.41, 5.74) is 19.0. The first-order valence-electron chi connectivity index (χ1n) is 20.8. The van der Waals surface area contributed by atoms with Gasteiger partial charge in [0.05, 0.1) is 22.1 Å². The van der Waals surface area contributed by atoms with E-state index in [0.717, 1.165) is 33.2 Å². The Labute approximate surface area is 347 Å². The molecule has 0 N–H and O–H groups in total. The Kier molecular flexibility index (Phi) is 6.78. The predicted octanol–water partition coefficient (Wildman–Crippen LogP) is 15.4. The number of nitrogens with zero attached hydrogens (tertiary/aromatic N) is 2. The van der Waals surface area contributed by atoms with Crippen LogP contribution in [0.15, 0.2) is 199 Å². The molecule has 0 atom stereocenters. The van der Waals surface area contributed by atoms with Crippen molar-refractivity contribution in [3.05, 3.63) is 205 Å². The Bertz CT molecular complexity index is 3730. The van der Waals surface area contributed by atoms with Crippen LogP contribution in [0.4, 0.5) is 0 Å². The number of rotatable bonds is 4. The van der Waals surface area contributed by atoms with Crippen LogP contribution in [0.3, 0.4) is 0 Å². The van der Waals surface area contributed by atoms with E-state index in [4.69, 9.17) is 4.42 Å². The van der Waals surface area contributed by atoms with Crippen LogP contribution in [-0.2, 0) is 5.41 Å². The standard InChI is InChI=1S/C57H38N2O/c1-57(2)47-21-11-9-19-43(47)55-48(57)28-27-42-45-32-35(24-29-51(45)59(56(42)55)39-16-7-4-8-17-39)36-26-31-52-46(33-36)54-40(20-13-23-53(54)60-52)37-25-30-50-44(34-37)41-18-10-12-22-49(41)58(50)38-14-5-3-6-15-38/h3-34H,1-2H3. The second-order valence-electron chi connectivity index (χ2n) is 16.9. The highest BCUT2D eigenvalue weighted by atomic mass is 16.3. The zero-order valence-electron chi connectivity index (χ0n) is 33.3. The third kappa shape index (κ3) is 4.55. The van der Waals surface area contributed by atoms with Gasteiger partial charge in [-0.2, -0.15) is 0 Å². The molecule has 0 aliphatic heterocycles. The zero-order chi connectivity index (χ0) is 39.7. The van der Waals surface area contributed by atoms with Crippen LogP contribution in [-0.4, -0.2) is 9.13 Å². The molecule has 0 fully saturated rings. The van der Waals surface area contributed by atoms with E-state index in [2.05, 4.69) is 217 Å². The van der Waals surface area contributed by atoms with Crippen molar-refractivity contribution in [3.8, 4) is 44.8 Å². The summed E-state index contributed by atoms with van der Waals surface area (Å²) in [6.45, 7) is 4.72. The first-order valence-corrected chi connectivity index (χ1v) is 20.8. The van der Waals surface area contributed by atoms with Gasteiger partial charge in [-0.05, 0) is 112 Å². The van der Waals surface area contributed by atoms with Gasteiger partial charge in [0.1, 0.15) is 11.2 Å². The quantitative estimate of drug-likeness (QED) is 0.175. The Balaban J connectivity index is 1.01. The smallest absolute Gasteiger partial charge is 0.136 e. The van der Waals surface area contributed by atoms with E-state index in [1.54, 1.807) is 0 Å². The van der Waals surface area contributed by atoms with Crippen molar-refractivity contribution >= 4 is 65.6 Å². The maximum Gasteiger partial charge on any atom is 0.136 e. The lowest BCUT2D eigenvalue weighted by Gasteiger charge is -2.21. The topological polar surface area (TPSA) is 23.0 Å². The summed E-state index contributed by atoms with van der Waals surface area (Å²) >= 11 is 0. The van der Waals surface area contributed by atoms with Gasteiger partial charge in [0, 0.05) is 54.7 Å². The summed E-state index contributed by atoms with van der Waals surface area (Å²) in [5, 5.41) is 7.25. The van der Waals surface area contributed by atoms with Gasteiger partial charge in [-0.3, -0.25) is 0 Å². The molecule has 1 aliphatic carbocycles. The minimum Gasteiger partial charge on any atom is -0.456 e. The normalized spacial score (nSPS) is 13.3. The van der Waals surface area contributed by atoms with Crippen LogP contribution >= 0.6 is 0 Å². The molecule has 0 unspecified atom stereocenters. The molecule has 60 heavy (non-hydrogen) atoms. The molecule has 0 bridgehead atoms. The van der Waals surface area contributed by atoms with Crippen molar-refractivity contribution in [2.45, 2.75) is 19.3 Å². The SMILES string of the molecule is CC1(C)c2ccccc2-c2c1ccc1c3cc(-c4ccc5oc6cccc(-c7ccc8c(c7)c7ccccc7n8-c7ccccc7)c6c5c4)ccc3n(-c3ccccc3)c21. The largest absolute Gasteiger partial charge is 0.456 e. The third-order valence-corrected chi connectivity index (χ3v) is 13.3. The molecule has 0 radical (unpaired) electrons. The Hall–Kier alpha value is -7.62. The lowest BCUT2D eigenvalue weighted by Crippen LogP contribution is -2.14. The highest BCUT2D eigenvalue weighted by molar-refractivity contribution is 6.18. The number of furan rings is 1. The molecule has 282 valence electrons. The molecule has 0 saturated heterocycles. The first-order chi connectivity index (χ1) is 29.5. The molecule has 3 nitrogen and oxygen atoms in total. The van der Waals surface area contributed by atoms with E-state index in [9.17, 15) is 0 Å². The highest BCUT2D eigenvalue weighted by Gasteiger charge is 2.37. The molecule has 3 aromatic heterocycles. The highest BCUT2D eigenvalue weighted by Crippen LogP contribution is 2.53.